The molecule has 196 valence electrons. The molecule has 1 aromatic carbocycles. The number of carbonyl (C=O) groups excluding carboxylic acids is 1. The van der Waals surface area contributed by atoms with Gasteiger partial charge in [0.2, 0.25) is 5.95 Å². The lowest BCUT2D eigenvalue weighted by molar-refractivity contribution is 0.0775. The van der Waals surface area contributed by atoms with E-state index in [1.807, 2.05) is 30.0 Å². The predicted molar refractivity (Wildman–Crippen MR) is 143 cm³/mol. The third-order valence-electron chi connectivity index (χ3n) is 6.95. The van der Waals surface area contributed by atoms with Gasteiger partial charge in [0.05, 0.1) is 17.4 Å². The first-order chi connectivity index (χ1) is 17.4. The molecular weight excluding hydrogens is 502 g/mol. The van der Waals surface area contributed by atoms with E-state index in [2.05, 4.69) is 37.1 Å². The maximum Gasteiger partial charge on any atom is 0.256 e. The van der Waals surface area contributed by atoms with Crippen molar-refractivity contribution in [2.24, 2.45) is 5.92 Å². The molecule has 1 unspecified atom stereocenters. The van der Waals surface area contributed by atoms with Crippen LogP contribution in [-0.2, 0) is 11.3 Å². The van der Waals surface area contributed by atoms with Crippen molar-refractivity contribution < 1.29 is 13.6 Å². The fraction of sp³-hybridized carbons (Fsp3) is 0.542. The van der Waals surface area contributed by atoms with Crippen LogP contribution >= 0.6 is 11.6 Å². The summed E-state index contributed by atoms with van der Waals surface area (Å²) in [7, 11) is 0. The Labute approximate surface area is 219 Å². The van der Waals surface area contributed by atoms with Crippen molar-refractivity contribution in [2.75, 3.05) is 48.3 Å². The number of hydrogen-bond acceptors (Lipinski definition) is 8. The maximum atomic E-state index is 13.0. The van der Waals surface area contributed by atoms with Crippen LogP contribution in [0.3, 0.4) is 0 Å². The van der Waals surface area contributed by atoms with E-state index >= 15 is 0 Å². The number of nitrogens with zero attached hydrogens (tertiary/aromatic N) is 4. The minimum Gasteiger partial charge on any atom is -0.760 e. The summed E-state index contributed by atoms with van der Waals surface area (Å²) in [5, 5.41) is 7.06. The Hall–Kier alpha value is -2.47. The number of carbonyl (C=O) groups is 1. The van der Waals surface area contributed by atoms with Gasteiger partial charge in [0, 0.05) is 55.7 Å². The quantitative estimate of drug-likeness (QED) is 0.417. The van der Waals surface area contributed by atoms with Gasteiger partial charge in [0.15, 0.2) is 5.82 Å². The molecule has 1 amide bonds. The van der Waals surface area contributed by atoms with E-state index in [1.54, 1.807) is 6.20 Å². The van der Waals surface area contributed by atoms with E-state index < -0.39 is 11.3 Å². The number of aromatic nitrogens is 2. The van der Waals surface area contributed by atoms with Crippen LogP contribution in [0.1, 0.15) is 49.9 Å². The molecule has 3 atom stereocenters. The van der Waals surface area contributed by atoms with E-state index in [4.69, 9.17) is 11.6 Å². The molecule has 2 aromatic rings. The van der Waals surface area contributed by atoms with Crippen molar-refractivity contribution in [3.8, 4) is 0 Å². The third kappa shape index (κ3) is 6.26. The number of anilines is 4. The molecule has 1 aliphatic carbocycles. The molecule has 0 radical (unpaired) electrons. The second-order valence-corrected chi connectivity index (χ2v) is 10.3. The highest BCUT2D eigenvalue weighted by Gasteiger charge is 2.27. The molecule has 1 saturated carbocycles. The average Bonchev–Trinajstić information content (AvgIpc) is 3.01. The summed E-state index contributed by atoms with van der Waals surface area (Å²) < 4.78 is 24.4. The zero-order valence-corrected chi connectivity index (χ0v) is 22.2. The summed E-state index contributed by atoms with van der Waals surface area (Å²) in [6.07, 6.45) is 5.49. The summed E-state index contributed by atoms with van der Waals surface area (Å²) in [5.74, 6) is 1.07. The number of benzene rings is 1. The molecule has 2 aliphatic rings. The first kappa shape index (κ1) is 26.6. The monoisotopic (exact) mass is 534 g/mol. The molecule has 2 heterocycles. The van der Waals surface area contributed by atoms with Crippen LogP contribution in [0.25, 0.3) is 0 Å². The maximum absolute atomic E-state index is 13.0. The first-order valence-electron chi connectivity index (χ1n) is 12.5. The number of halogens is 1. The van der Waals surface area contributed by atoms with Gasteiger partial charge in [-0.3, -0.25) is 9.00 Å². The van der Waals surface area contributed by atoms with Gasteiger partial charge in [-0.1, -0.05) is 24.4 Å². The van der Waals surface area contributed by atoms with Crippen molar-refractivity contribution in [1.82, 2.24) is 19.6 Å². The predicted octanol–water partition coefficient (Wildman–Crippen LogP) is 3.53. The number of fused-ring (bicyclic) bond motifs is 1. The van der Waals surface area contributed by atoms with E-state index in [0.717, 1.165) is 50.1 Å². The molecule has 1 aliphatic heterocycles. The van der Waals surface area contributed by atoms with Gasteiger partial charge in [0.25, 0.3) is 5.91 Å². The average molecular weight is 535 g/mol. The number of rotatable bonds is 9. The van der Waals surface area contributed by atoms with Gasteiger partial charge >= 0.3 is 0 Å². The zero-order chi connectivity index (χ0) is 25.7. The van der Waals surface area contributed by atoms with E-state index in [-0.39, 0.29) is 17.9 Å². The Morgan fingerprint density at radius 1 is 1.17 bits per heavy atom. The van der Waals surface area contributed by atoms with Gasteiger partial charge in [-0.05, 0) is 50.8 Å². The van der Waals surface area contributed by atoms with Gasteiger partial charge in [-0.2, -0.15) is 4.98 Å². The molecule has 1 aromatic heterocycles. The largest absolute Gasteiger partial charge is 0.760 e. The molecule has 12 heteroatoms. The van der Waals surface area contributed by atoms with E-state index in [9.17, 15) is 13.6 Å². The minimum absolute atomic E-state index is 0.0431. The Morgan fingerprint density at radius 2 is 1.92 bits per heavy atom. The van der Waals surface area contributed by atoms with E-state index in [0.29, 0.717) is 42.0 Å². The summed E-state index contributed by atoms with van der Waals surface area (Å²) in [6.45, 7) is 7.39. The highest BCUT2D eigenvalue weighted by Crippen LogP contribution is 2.32. The molecule has 4 rings (SSSR count). The minimum atomic E-state index is -2.29. The second-order valence-electron chi connectivity index (χ2n) is 9.09. The van der Waals surface area contributed by atoms with Crippen LogP contribution < -0.4 is 20.3 Å². The van der Waals surface area contributed by atoms with E-state index in [1.165, 1.54) is 0 Å². The molecule has 3 N–H and O–H groups in total. The van der Waals surface area contributed by atoms with Crippen molar-refractivity contribution in [3.05, 3.63) is 35.0 Å². The third-order valence-corrected chi connectivity index (χ3v) is 7.63. The summed E-state index contributed by atoms with van der Waals surface area (Å²) >= 11 is 4.12. The van der Waals surface area contributed by atoms with Crippen LogP contribution in [0.5, 0.6) is 0 Å². The van der Waals surface area contributed by atoms with Crippen molar-refractivity contribution >= 4 is 51.9 Å². The van der Waals surface area contributed by atoms with Crippen molar-refractivity contribution in [1.29, 1.82) is 0 Å². The number of hydrogen-bond donors (Lipinski definition) is 3. The summed E-state index contributed by atoms with van der Waals surface area (Å²) in [6, 6.07) is 5.73. The molecule has 1 fully saturated rings. The zero-order valence-electron chi connectivity index (χ0n) is 20.6. The van der Waals surface area contributed by atoms with Crippen LogP contribution in [0.2, 0.25) is 5.02 Å². The molecular formula is C24H33ClN7O3S-. The molecule has 10 nitrogen and oxygen atoms in total. The number of nitrogens with one attached hydrogen (secondary N) is 3. The number of amides is 1. The first-order valence-corrected chi connectivity index (χ1v) is 13.9. The summed E-state index contributed by atoms with van der Waals surface area (Å²) in [4.78, 5) is 26.0. The lowest BCUT2D eigenvalue weighted by Gasteiger charge is -2.33. The Kier molecular flexibility index (Phi) is 9.00. The lowest BCUT2D eigenvalue weighted by atomic mass is 9.84. The number of likely N-dealkylation sites (N-methyl/N-ethyl adjacent to an activating group) is 2. The van der Waals surface area contributed by atoms with Crippen LogP contribution in [0.4, 0.5) is 23.1 Å². The molecule has 0 saturated heterocycles. The molecule has 36 heavy (non-hydrogen) atoms. The standard InChI is InChI=1S/C24H34ClN7O3S/c1-3-31-11-12-32(4-2)23(33)18-10-9-17(13-21(18)31)28-24-26-15-19(25)22(30-24)29-20-8-6-5-7-16(20)14-27-36(34)35/h9-10,13,15-16,20,27H,3-8,11-12,14H2,1-2H3,(H,34,35)(H2,26,28,29,30)/p-1/t16-,20-/m1/s1. The lowest BCUT2D eigenvalue weighted by Crippen LogP contribution is -2.39. The molecule has 0 bridgehead atoms. The van der Waals surface area contributed by atoms with Crippen LogP contribution in [0.15, 0.2) is 24.4 Å². The Balaban J connectivity index is 1.53. The highest BCUT2D eigenvalue weighted by molar-refractivity contribution is 7.77. The topological polar surface area (TPSA) is 126 Å². The van der Waals surface area contributed by atoms with Gasteiger partial charge in [0.1, 0.15) is 5.02 Å². The SMILES string of the molecule is CCN1CCN(CC)c2cc(Nc3ncc(Cl)c(N[C@@H]4CCCC[C@@H]4CNS(=O)[O-])n3)ccc2C1=O. The van der Waals surface area contributed by atoms with Crippen molar-refractivity contribution in [2.45, 2.75) is 45.6 Å². The fourth-order valence-electron chi connectivity index (χ4n) is 4.97. The molecule has 0 spiro atoms. The second kappa shape index (κ2) is 12.2. The van der Waals surface area contributed by atoms with Crippen molar-refractivity contribution in [3.63, 3.8) is 0 Å². The van der Waals surface area contributed by atoms with Gasteiger partial charge in [-0.25, -0.2) is 9.71 Å². The van der Waals surface area contributed by atoms with Gasteiger partial charge in [-0.15, -0.1) is 0 Å². The van der Waals surface area contributed by atoms with Crippen LogP contribution in [0, 0.1) is 5.92 Å². The Bertz CT molecular complexity index is 1110. The Morgan fingerprint density at radius 3 is 2.67 bits per heavy atom. The van der Waals surface area contributed by atoms with Crippen LogP contribution in [-0.4, -0.2) is 68.3 Å². The normalized spacial score (nSPS) is 21.1. The smallest absolute Gasteiger partial charge is 0.256 e. The van der Waals surface area contributed by atoms with Gasteiger partial charge < -0.3 is 25.0 Å². The summed E-state index contributed by atoms with van der Waals surface area (Å²) in [5.41, 5.74) is 2.36. The highest BCUT2D eigenvalue weighted by atomic mass is 35.5. The fourth-order valence-corrected chi connectivity index (χ4v) is 5.46.